The van der Waals surface area contributed by atoms with Gasteiger partial charge in [0.2, 0.25) is 5.91 Å². The van der Waals surface area contributed by atoms with Gasteiger partial charge in [-0.1, -0.05) is 19.1 Å². The number of anilines is 1. The summed E-state index contributed by atoms with van der Waals surface area (Å²) in [4.78, 5) is 24.6. The number of nitrogens with zero attached hydrogens (tertiary/aromatic N) is 1. The minimum Gasteiger partial charge on any atom is -0.481 e. The van der Waals surface area contributed by atoms with Crippen LogP contribution in [0.5, 0.6) is 0 Å². The van der Waals surface area contributed by atoms with Crippen LogP contribution in [0.1, 0.15) is 18.9 Å². The minimum absolute atomic E-state index is 0.0970. The second-order valence-electron chi connectivity index (χ2n) is 5.16. The molecule has 1 fully saturated rings. The molecule has 1 aliphatic rings. The van der Waals surface area contributed by atoms with Crippen LogP contribution in [0.15, 0.2) is 24.3 Å². The number of hydrogen-bond acceptors (Lipinski definition) is 3. The van der Waals surface area contributed by atoms with Crippen LogP contribution in [-0.4, -0.2) is 41.5 Å². The van der Waals surface area contributed by atoms with Crippen LogP contribution in [0, 0.1) is 5.92 Å². The smallest absolute Gasteiger partial charge is 0.307 e. The van der Waals surface area contributed by atoms with Crippen molar-refractivity contribution in [2.24, 2.45) is 5.92 Å². The van der Waals surface area contributed by atoms with Gasteiger partial charge in [-0.3, -0.25) is 14.5 Å². The number of carbonyl (C=O) groups excluding carboxylic acids is 1. The van der Waals surface area contributed by atoms with E-state index in [0.717, 1.165) is 12.1 Å². The Morgan fingerprint density at radius 1 is 1.35 bits per heavy atom. The Balaban J connectivity index is 1.82. The van der Waals surface area contributed by atoms with Gasteiger partial charge in [-0.25, -0.2) is 0 Å². The first kappa shape index (κ1) is 14.5. The molecule has 1 unspecified atom stereocenters. The van der Waals surface area contributed by atoms with Crippen molar-refractivity contribution >= 4 is 17.6 Å². The van der Waals surface area contributed by atoms with E-state index in [-0.39, 0.29) is 18.4 Å². The Labute approximate surface area is 118 Å². The van der Waals surface area contributed by atoms with Gasteiger partial charge in [-0.15, -0.1) is 0 Å². The molecule has 2 N–H and O–H groups in total. The highest BCUT2D eigenvalue weighted by Crippen LogP contribution is 2.16. The fourth-order valence-electron chi connectivity index (χ4n) is 2.41. The summed E-state index contributed by atoms with van der Waals surface area (Å²) < 4.78 is 0. The molecule has 0 bridgehead atoms. The quantitative estimate of drug-likeness (QED) is 0.857. The zero-order valence-electron chi connectivity index (χ0n) is 11.6. The Hall–Kier alpha value is -1.88. The van der Waals surface area contributed by atoms with Crippen LogP contribution >= 0.6 is 0 Å². The van der Waals surface area contributed by atoms with Gasteiger partial charge < -0.3 is 10.4 Å². The van der Waals surface area contributed by atoms with Crippen LogP contribution in [0.4, 0.5) is 5.69 Å². The average Bonchev–Trinajstić information content (AvgIpc) is 2.88. The first-order valence-electron chi connectivity index (χ1n) is 6.92. The summed E-state index contributed by atoms with van der Waals surface area (Å²) >= 11 is 0. The molecule has 2 rings (SSSR count). The number of aliphatic carboxylic acids is 1. The SMILES string of the molecule is CCc1ccc(NC(=O)CN2CCC(C(=O)O)C2)cc1. The van der Waals surface area contributed by atoms with E-state index in [1.54, 1.807) is 0 Å². The molecule has 5 heteroatoms. The number of nitrogens with one attached hydrogen (secondary N) is 1. The second-order valence-corrected chi connectivity index (χ2v) is 5.16. The molecule has 20 heavy (non-hydrogen) atoms. The Bertz CT molecular complexity index is 484. The molecule has 0 aliphatic carbocycles. The molecule has 1 aromatic rings. The average molecular weight is 276 g/mol. The highest BCUT2D eigenvalue weighted by atomic mass is 16.4. The molecule has 0 aromatic heterocycles. The third-order valence-corrected chi connectivity index (χ3v) is 3.63. The summed E-state index contributed by atoms with van der Waals surface area (Å²) in [7, 11) is 0. The molecule has 1 atom stereocenters. The molecule has 5 nitrogen and oxygen atoms in total. The first-order valence-corrected chi connectivity index (χ1v) is 6.92. The van der Waals surface area contributed by atoms with Crippen molar-refractivity contribution in [1.29, 1.82) is 0 Å². The zero-order chi connectivity index (χ0) is 14.5. The number of carboxylic acid groups (broad SMARTS) is 1. The largest absolute Gasteiger partial charge is 0.481 e. The van der Waals surface area contributed by atoms with Gasteiger partial charge >= 0.3 is 5.97 Å². The van der Waals surface area contributed by atoms with Crippen LogP contribution < -0.4 is 5.32 Å². The molecule has 1 heterocycles. The Morgan fingerprint density at radius 2 is 2.05 bits per heavy atom. The van der Waals surface area contributed by atoms with Crippen molar-refractivity contribution in [1.82, 2.24) is 4.90 Å². The van der Waals surface area contributed by atoms with E-state index in [4.69, 9.17) is 5.11 Å². The fraction of sp³-hybridized carbons (Fsp3) is 0.467. The third kappa shape index (κ3) is 3.81. The number of hydrogen-bond donors (Lipinski definition) is 2. The number of amides is 1. The monoisotopic (exact) mass is 276 g/mol. The van der Waals surface area contributed by atoms with E-state index in [1.165, 1.54) is 5.56 Å². The van der Waals surface area contributed by atoms with E-state index < -0.39 is 5.97 Å². The predicted octanol–water partition coefficient (Wildman–Crippen LogP) is 1.59. The lowest BCUT2D eigenvalue weighted by atomic mass is 10.1. The maximum Gasteiger partial charge on any atom is 0.307 e. The first-order chi connectivity index (χ1) is 9.58. The van der Waals surface area contributed by atoms with Crippen molar-refractivity contribution in [3.63, 3.8) is 0 Å². The molecular weight excluding hydrogens is 256 g/mol. The van der Waals surface area contributed by atoms with Crippen molar-refractivity contribution in [2.45, 2.75) is 19.8 Å². The number of rotatable bonds is 5. The lowest BCUT2D eigenvalue weighted by Crippen LogP contribution is -2.32. The van der Waals surface area contributed by atoms with Gasteiger partial charge in [0.1, 0.15) is 0 Å². The maximum atomic E-state index is 11.9. The van der Waals surface area contributed by atoms with Crippen LogP contribution in [0.3, 0.4) is 0 Å². The molecule has 0 spiro atoms. The van der Waals surface area contributed by atoms with Crippen LogP contribution in [-0.2, 0) is 16.0 Å². The van der Waals surface area contributed by atoms with E-state index in [0.29, 0.717) is 19.5 Å². The van der Waals surface area contributed by atoms with Crippen molar-refractivity contribution in [3.8, 4) is 0 Å². The molecule has 1 amide bonds. The number of benzene rings is 1. The Kier molecular flexibility index (Phi) is 4.74. The lowest BCUT2D eigenvalue weighted by Gasteiger charge is -2.14. The number of aryl methyl sites for hydroxylation is 1. The zero-order valence-corrected chi connectivity index (χ0v) is 11.6. The molecule has 1 aromatic carbocycles. The number of carboxylic acids is 1. The van der Waals surface area contributed by atoms with Gasteiger partial charge in [0.25, 0.3) is 0 Å². The normalized spacial score (nSPS) is 18.9. The molecule has 0 radical (unpaired) electrons. The van der Waals surface area contributed by atoms with Gasteiger partial charge in [0.15, 0.2) is 0 Å². The van der Waals surface area contributed by atoms with Crippen molar-refractivity contribution in [3.05, 3.63) is 29.8 Å². The highest BCUT2D eigenvalue weighted by molar-refractivity contribution is 5.92. The molecular formula is C15H20N2O3. The van der Waals surface area contributed by atoms with E-state index in [2.05, 4.69) is 12.2 Å². The van der Waals surface area contributed by atoms with E-state index in [9.17, 15) is 9.59 Å². The fourth-order valence-corrected chi connectivity index (χ4v) is 2.41. The van der Waals surface area contributed by atoms with Crippen molar-refractivity contribution in [2.75, 3.05) is 25.0 Å². The number of likely N-dealkylation sites (tertiary alicyclic amines) is 1. The molecule has 1 saturated heterocycles. The molecule has 1 aliphatic heterocycles. The van der Waals surface area contributed by atoms with Gasteiger partial charge in [0.05, 0.1) is 12.5 Å². The lowest BCUT2D eigenvalue weighted by molar-refractivity contribution is -0.141. The number of carbonyl (C=O) groups is 2. The summed E-state index contributed by atoms with van der Waals surface area (Å²) in [6, 6.07) is 7.76. The summed E-state index contributed by atoms with van der Waals surface area (Å²) in [6.45, 7) is 3.45. The summed E-state index contributed by atoms with van der Waals surface area (Å²) in [5.41, 5.74) is 2.01. The van der Waals surface area contributed by atoms with E-state index >= 15 is 0 Å². The summed E-state index contributed by atoms with van der Waals surface area (Å²) in [6.07, 6.45) is 1.59. The van der Waals surface area contributed by atoms with Gasteiger partial charge in [-0.05, 0) is 37.1 Å². The van der Waals surface area contributed by atoms with Gasteiger partial charge in [0, 0.05) is 12.2 Å². The van der Waals surface area contributed by atoms with Gasteiger partial charge in [-0.2, -0.15) is 0 Å². The summed E-state index contributed by atoms with van der Waals surface area (Å²) in [5, 5.41) is 11.8. The van der Waals surface area contributed by atoms with Crippen LogP contribution in [0.2, 0.25) is 0 Å². The van der Waals surface area contributed by atoms with E-state index in [1.807, 2.05) is 29.2 Å². The highest BCUT2D eigenvalue weighted by Gasteiger charge is 2.28. The standard InChI is InChI=1S/C15H20N2O3/c1-2-11-3-5-13(6-4-11)16-14(18)10-17-8-7-12(9-17)15(19)20/h3-6,12H,2,7-10H2,1H3,(H,16,18)(H,19,20). The molecule has 0 saturated carbocycles. The summed E-state index contributed by atoms with van der Waals surface area (Å²) in [5.74, 6) is -1.21. The Morgan fingerprint density at radius 3 is 2.60 bits per heavy atom. The topological polar surface area (TPSA) is 69.6 Å². The maximum absolute atomic E-state index is 11.9. The second kappa shape index (κ2) is 6.52. The van der Waals surface area contributed by atoms with Crippen molar-refractivity contribution < 1.29 is 14.7 Å². The minimum atomic E-state index is -0.775. The predicted molar refractivity (Wildman–Crippen MR) is 76.6 cm³/mol. The van der Waals surface area contributed by atoms with Crippen LogP contribution in [0.25, 0.3) is 0 Å². The molecule has 108 valence electrons. The third-order valence-electron chi connectivity index (χ3n) is 3.63.